The lowest BCUT2D eigenvalue weighted by molar-refractivity contribution is -0.118. The smallest absolute Gasteiger partial charge is 0.218 e. The number of nitrogens with one attached hydrogen (secondary N) is 1. The minimum Gasteiger partial charge on any atom is -0.370 e. The molecule has 2 unspecified atom stereocenters. The molecular formula is C11H22N4O. The van der Waals surface area contributed by atoms with Gasteiger partial charge >= 0.3 is 0 Å². The van der Waals surface area contributed by atoms with E-state index in [9.17, 15) is 4.79 Å². The molecule has 5 nitrogen and oxygen atoms in total. The van der Waals surface area contributed by atoms with Crippen LogP contribution in [0.15, 0.2) is 0 Å². The van der Waals surface area contributed by atoms with Gasteiger partial charge in [-0.15, -0.1) is 0 Å². The van der Waals surface area contributed by atoms with Crippen LogP contribution in [-0.2, 0) is 4.79 Å². The molecule has 0 aromatic heterocycles. The molecule has 0 aromatic carbocycles. The Bertz CT molecular complexity index is 250. The summed E-state index contributed by atoms with van der Waals surface area (Å²) in [5.74, 6) is -0.228. The van der Waals surface area contributed by atoms with Gasteiger partial charge in [-0.05, 0) is 6.92 Å². The van der Waals surface area contributed by atoms with E-state index in [4.69, 9.17) is 5.73 Å². The molecule has 0 saturated carbocycles. The number of hydrogen-bond donors (Lipinski definition) is 2. The summed E-state index contributed by atoms with van der Waals surface area (Å²) in [6.07, 6.45) is 0.427. The minimum atomic E-state index is -0.228. The SMILES string of the molecule is CC(CC(N)=O)NCC1CN2CCN1CC2. The number of carbonyl (C=O) groups excluding carboxylic acids is 1. The Balaban J connectivity index is 1.72. The molecule has 5 heteroatoms. The lowest BCUT2D eigenvalue weighted by Crippen LogP contribution is -2.63. The van der Waals surface area contributed by atoms with E-state index in [0.29, 0.717) is 12.5 Å². The predicted molar refractivity (Wildman–Crippen MR) is 63.1 cm³/mol. The summed E-state index contributed by atoms with van der Waals surface area (Å²) < 4.78 is 0. The molecule has 3 fully saturated rings. The van der Waals surface area contributed by atoms with Crippen molar-refractivity contribution in [3.8, 4) is 0 Å². The van der Waals surface area contributed by atoms with Gasteiger partial charge in [-0.1, -0.05) is 0 Å². The van der Waals surface area contributed by atoms with E-state index in [-0.39, 0.29) is 11.9 Å². The van der Waals surface area contributed by atoms with Gasteiger partial charge in [0.15, 0.2) is 0 Å². The summed E-state index contributed by atoms with van der Waals surface area (Å²) in [5, 5.41) is 3.40. The number of amides is 1. The minimum absolute atomic E-state index is 0.189. The van der Waals surface area contributed by atoms with E-state index in [2.05, 4.69) is 15.1 Å². The van der Waals surface area contributed by atoms with E-state index >= 15 is 0 Å². The summed E-state index contributed by atoms with van der Waals surface area (Å²) in [5.41, 5.74) is 5.17. The Labute approximate surface area is 96.9 Å². The Morgan fingerprint density at radius 1 is 1.44 bits per heavy atom. The highest BCUT2D eigenvalue weighted by Gasteiger charge is 2.31. The molecule has 3 heterocycles. The van der Waals surface area contributed by atoms with Crippen LogP contribution in [-0.4, -0.2) is 67.1 Å². The van der Waals surface area contributed by atoms with Crippen LogP contribution in [0, 0.1) is 0 Å². The third-order valence-corrected chi connectivity index (χ3v) is 3.60. The van der Waals surface area contributed by atoms with Crippen LogP contribution in [0.4, 0.5) is 0 Å². The van der Waals surface area contributed by atoms with Crippen molar-refractivity contribution in [2.75, 3.05) is 39.3 Å². The van der Waals surface area contributed by atoms with Crippen LogP contribution in [0.5, 0.6) is 0 Å². The number of primary amides is 1. The average molecular weight is 226 g/mol. The molecule has 0 aliphatic carbocycles. The number of hydrogen-bond acceptors (Lipinski definition) is 4. The second-order valence-electron chi connectivity index (χ2n) is 4.97. The summed E-state index contributed by atoms with van der Waals surface area (Å²) in [6, 6.07) is 0.798. The highest BCUT2D eigenvalue weighted by molar-refractivity contribution is 5.74. The number of carbonyl (C=O) groups is 1. The van der Waals surface area contributed by atoms with Crippen molar-refractivity contribution in [2.24, 2.45) is 5.73 Å². The first-order valence-corrected chi connectivity index (χ1v) is 6.13. The Kier molecular flexibility index (Phi) is 3.78. The molecule has 92 valence electrons. The highest BCUT2D eigenvalue weighted by atomic mass is 16.1. The summed E-state index contributed by atoms with van der Waals surface area (Å²) in [6.45, 7) is 8.95. The molecular weight excluding hydrogens is 204 g/mol. The zero-order valence-electron chi connectivity index (χ0n) is 9.98. The monoisotopic (exact) mass is 226 g/mol. The largest absolute Gasteiger partial charge is 0.370 e. The molecule has 2 atom stereocenters. The Hall–Kier alpha value is -0.650. The van der Waals surface area contributed by atoms with Gasteiger partial charge in [-0.25, -0.2) is 0 Å². The van der Waals surface area contributed by atoms with Gasteiger partial charge in [0.25, 0.3) is 0 Å². The molecule has 2 bridgehead atoms. The van der Waals surface area contributed by atoms with Gasteiger partial charge < -0.3 is 11.1 Å². The van der Waals surface area contributed by atoms with E-state index < -0.39 is 0 Å². The van der Waals surface area contributed by atoms with E-state index in [0.717, 1.165) is 13.1 Å². The second-order valence-corrected chi connectivity index (χ2v) is 4.97. The highest BCUT2D eigenvalue weighted by Crippen LogP contribution is 2.14. The molecule has 3 N–H and O–H groups in total. The molecule has 3 aliphatic rings. The Morgan fingerprint density at radius 2 is 2.12 bits per heavy atom. The topological polar surface area (TPSA) is 61.6 Å². The van der Waals surface area contributed by atoms with Gasteiger partial charge in [-0.3, -0.25) is 14.6 Å². The first-order chi connectivity index (χ1) is 7.65. The van der Waals surface area contributed by atoms with Crippen molar-refractivity contribution >= 4 is 5.91 Å². The summed E-state index contributed by atoms with van der Waals surface area (Å²) >= 11 is 0. The van der Waals surface area contributed by atoms with E-state index in [1.54, 1.807) is 0 Å². The molecule has 16 heavy (non-hydrogen) atoms. The fourth-order valence-corrected chi connectivity index (χ4v) is 2.63. The zero-order chi connectivity index (χ0) is 11.5. The molecule has 3 rings (SSSR count). The molecule has 0 spiro atoms. The van der Waals surface area contributed by atoms with Gasteiger partial charge in [-0.2, -0.15) is 0 Å². The molecule has 0 radical (unpaired) electrons. The first-order valence-electron chi connectivity index (χ1n) is 6.13. The Morgan fingerprint density at radius 3 is 2.62 bits per heavy atom. The fraction of sp³-hybridized carbons (Fsp3) is 0.909. The van der Waals surface area contributed by atoms with Crippen LogP contribution < -0.4 is 11.1 Å². The standard InChI is InChI=1S/C11H22N4O/c1-9(6-11(12)16)13-7-10-8-14-2-4-15(10)5-3-14/h9-10,13H,2-8H2,1H3,(H2,12,16). The number of rotatable bonds is 5. The first kappa shape index (κ1) is 11.8. The lowest BCUT2D eigenvalue weighted by atomic mass is 10.1. The van der Waals surface area contributed by atoms with Crippen molar-refractivity contribution in [3.05, 3.63) is 0 Å². The van der Waals surface area contributed by atoms with Crippen LogP contribution in [0.25, 0.3) is 0 Å². The molecule has 0 aromatic rings. The number of fused-ring (bicyclic) bond motifs is 3. The van der Waals surface area contributed by atoms with Crippen LogP contribution in [0.2, 0.25) is 0 Å². The molecule has 1 amide bonds. The molecule has 3 saturated heterocycles. The van der Waals surface area contributed by atoms with E-state index in [1.807, 2.05) is 6.92 Å². The van der Waals surface area contributed by atoms with Crippen molar-refractivity contribution in [1.29, 1.82) is 0 Å². The maximum Gasteiger partial charge on any atom is 0.218 e. The van der Waals surface area contributed by atoms with Gasteiger partial charge in [0.05, 0.1) is 0 Å². The second kappa shape index (κ2) is 5.12. The zero-order valence-corrected chi connectivity index (χ0v) is 9.98. The number of nitrogens with two attached hydrogens (primary N) is 1. The number of piperazine rings is 3. The normalized spacial score (nSPS) is 34.9. The quantitative estimate of drug-likeness (QED) is 0.621. The van der Waals surface area contributed by atoms with Gasteiger partial charge in [0.2, 0.25) is 5.91 Å². The van der Waals surface area contributed by atoms with E-state index in [1.165, 1.54) is 26.2 Å². The van der Waals surface area contributed by atoms with Crippen molar-refractivity contribution < 1.29 is 4.79 Å². The van der Waals surface area contributed by atoms with Crippen LogP contribution in [0.3, 0.4) is 0 Å². The lowest BCUT2D eigenvalue weighted by Gasteiger charge is -2.47. The summed E-state index contributed by atoms with van der Waals surface area (Å²) in [7, 11) is 0. The predicted octanol–water partition coefficient (Wildman–Crippen LogP) is -1.16. The maximum absolute atomic E-state index is 10.8. The van der Waals surface area contributed by atoms with Crippen molar-refractivity contribution in [1.82, 2.24) is 15.1 Å². The van der Waals surface area contributed by atoms with Crippen LogP contribution in [0.1, 0.15) is 13.3 Å². The number of nitrogens with zero attached hydrogens (tertiary/aromatic N) is 2. The third-order valence-electron chi connectivity index (χ3n) is 3.60. The van der Waals surface area contributed by atoms with Gasteiger partial charge in [0, 0.05) is 57.8 Å². The van der Waals surface area contributed by atoms with Crippen molar-refractivity contribution in [2.45, 2.75) is 25.4 Å². The van der Waals surface area contributed by atoms with Crippen molar-refractivity contribution in [3.63, 3.8) is 0 Å². The van der Waals surface area contributed by atoms with Gasteiger partial charge in [0.1, 0.15) is 0 Å². The fourth-order valence-electron chi connectivity index (χ4n) is 2.63. The summed E-state index contributed by atoms with van der Waals surface area (Å²) in [4.78, 5) is 15.8. The van der Waals surface area contributed by atoms with Crippen LogP contribution >= 0.6 is 0 Å². The maximum atomic E-state index is 10.8. The average Bonchev–Trinajstić information content (AvgIpc) is 2.27. The molecule has 3 aliphatic heterocycles. The third kappa shape index (κ3) is 2.93.